The maximum atomic E-state index is 3.55. The lowest BCUT2D eigenvalue weighted by Gasteiger charge is -2.37. The second-order valence-corrected chi connectivity index (χ2v) is 6.38. The summed E-state index contributed by atoms with van der Waals surface area (Å²) >= 11 is 0. The second kappa shape index (κ2) is 6.78. The molecule has 100 valence electrons. The SMILES string of the molecule is CCC1CCCCC1C1CCCCC(NC)C1. The molecule has 17 heavy (non-hydrogen) atoms. The highest BCUT2D eigenvalue weighted by atomic mass is 14.9. The number of hydrogen-bond donors (Lipinski definition) is 1. The molecule has 0 spiro atoms. The van der Waals surface area contributed by atoms with Crippen LogP contribution in [0.2, 0.25) is 0 Å². The van der Waals surface area contributed by atoms with E-state index in [4.69, 9.17) is 0 Å². The van der Waals surface area contributed by atoms with Crippen LogP contribution in [0.3, 0.4) is 0 Å². The minimum Gasteiger partial charge on any atom is -0.317 e. The molecule has 1 heteroatoms. The molecular formula is C16H31N. The van der Waals surface area contributed by atoms with Crippen LogP contribution in [0.1, 0.15) is 71.1 Å². The zero-order valence-corrected chi connectivity index (χ0v) is 11.9. The predicted octanol–water partition coefficient (Wildman–Crippen LogP) is 4.37. The van der Waals surface area contributed by atoms with Gasteiger partial charge in [0, 0.05) is 6.04 Å². The Balaban J connectivity index is 1.97. The zero-order chi connectivity index (χ0) is 12.1. The Morgan fingerprint density at radius 1 is 0.941 bits per heavy atom. The van der Waals surface area contributed by atoms with Crippen molar-refractivity contribution in [1.82, 2.24) is 5.32 Å². The summed E-state index contributed by atoms with van der Waals surface area (Å²) < 4.78 is 0. The summed E-state index contributed by atoms with van der Waals surface area (Å²) in [7, 11) is 2.16. The standard InChI is InChI=1S/C16H31N/c1-3-13-8-5-7-11-16(13)14-9-4-6-10-15(12-14)17-2/h13-17H,3-12H2,1-2H3. The van der Waals surface area contributed by atoms with Crippen LogP contribution in [0.25, 0.3) is 0 Å². The Labute approximate surface area is 108 Å². The van der Waals surface area contributed by atoms with Gasteiger partial charge in [-0.05, 0) is 44.1 Å². The molecule has 1 N–H and O–H groups in total. The van der Waals surface area contributed by atoms with Crippen LogP contribution in [0, 0.1) is 17.8 Å². The Morgan fingerprint density at radius 2 is 1.65 bits per heavy atom. The molecule has 0 aromatic carbocycles. The molecule has 4 atom stereocenters. The van der Waals surface area contributed by atoms with E-state index in [1.54, 1.807) is 0 Å². The van der Waals surface area contributed by atoms with Crippen molar-refractivity contribution in [2.75, 3.05) is 7.05 Å². The van der Waals surface area contributed by atoms with Crippen LogP contribution in [0.15, 0.2) is 0 Å². The average Bonchev–Trinajstić information content (AvgIpc) is 2.64. The molecule has 2 aliphatic carbocycles. The zero-order valence-electron chi connectivity index (χ0n) is 11.9. The first-order valence-electron chi connectivity index (χ1n) is 8.02. The number of nitrogens with one attached hydrogen (secondary N) is 1. The molecule has 0 radical (unpaired) electrons. The van der Waals surface area contributed by atoms with Gasteiger partial charge < -0.3 is 5.32 Å². The van der Waals surface area contributed by atoms with Gasteiger partial charge in [0.25, 0.3) is 0 Å². The van der Waals surface area contributed by atoms with E-state index >= 15 is 0 Å². The first-order chi connectivity index (χ1) is 8.35. The van der Waals surface area contributed by atoms with Gasteiger partial charge in [0.05, 0.1) is 0 Å². The molecule has 2 rings (SSSR count). The van der Waals surface area contributed by atoms with E-state index < -0.39 is 0 Å². The van der Waals surface area contributed by atoms with E-state index in [0.29, 0.717) is 0 Å². The van der Waals surface area contributed by atoms with Gasteiger partial charge in [-0.2, -0.15) is 0 Å². The summed E-state index contributed by atoms with van der Waals surface area (Å²) in [6.07, 6.45) is 14.8. The summed E-state index contributed by atoms with van der Waals surface area (Å²) in [5.41, 5.74) is 0. The molecule has 2 fully saturated rings. The van der Waals surface area contributed by atoms with E-state index in [-0.39, 0.29) is 0 Å². The fourth-order valence-electron chi connectivity index (χ4n) is 4.41. The van der Waals surface area contributed by atoms with Gasteiger partial charge in [0.15, 0.2) is 0 Å². The maximum absolute atomic E-state index is 3.55. The Morgan fingerprint density at radius 3 is 2.41 bits per heavy atom. The molecule has 0 aliphatic heterocycles. The van der Waals surface area contributed by atoms with Crippen molar-refractivity contribution in [3.05, 3.63) is 0 Å². The Hall–Kier alpha value is -0.0400. The van der Waals surface area contributed by atoms with Crippen LogP contribution >= 0.6 is 0 Å². The number of rotatable bonds is 3. The monoisotopic (exact) mass is 237 g/mol. The molecule has 0 bridgehead atoms. The van der Waals surface area contributed by atoms with Crippen molar-refractivity contribution >= 4 is 0 Å². The fourth-order valence-corrected chi connectivity index (χ4v) is 4.41. The average molecular weight is 237 g/mol. The molecule has 0 amide bonds. The minimum absolute atomic E-state index is 0.807. The summed E-state index contributed by atoms with van der Waals surface area (Å²) in [6.45, 7) is 2.41. The van der Waals surface area contributed by atoms with Crippen LogP contribution in [0.5, 0.6) is 0 Å². The summed E-state index contributed by atoms with van der Waals surface area (Å²) in [6, 6.07) is 0.807. The second-order valence-electron chi connectivity index (χ2n) is 6.38. The number of hydrogen-bond acceptors (Lipinski definition) is 1. The van der Waals surface area contributed by atoms with Gasteiger partial charge >= 0.3 is 0 Å². The highest BCUT2D eigenvalue weighted by Crippen LogP contribution is 2.42. The van der Waals surface area contributed by atoms with Crippen LogP contribution in [0.4, 0.5) is 0 Å². The third-order valence-electron chi connectivity index (χ3n) is 5.47. The molecule has 1 nitrogen and oxygen atoms in total. The van der Waals surface area contributed by atoms with Crippen molar-refractivity contribution in [2.24, 2.45) is 17.8 Å². The molecular weight excluding hydrogens is 206 g/mol. The van der Waals surface area contributed by atoms with Gasteiger partial charge in [-0.3, -0.25) is 0 Å². The predicted molar refractivity (Wildman–Crippen MR) is 75.2 cm³/mol. The van der Waals surface area contributed by atoms with E-state index in [1.807, 2.05) is 0 Å². The summed E-state index contributed by atoms with van der Waals surface area (Å²) in [5, 5.41) is 3.55. The summed E-state index contributed by atoms with van der Waals surface area (Å²) in [5.74, 6) is 3.13. The molecule has 2 saturated carbocycles. The fraction of sp³-hybridized carbons (Fsp3) is 1.00. The third kappa shape index (κ3) is 3.47. The van der Waals surface area contributed by atoms with Gasteiger partial charge in [-0.25, -0.2) is 0 Å². The lowest BCUT2D eigenvalue weighted by molar-refractivity contribution is 0.138. The highest BCUT2D eigenvalue weighted by molar-refractivity contribution is 4.85. The molecule has 4 unspecified atom stereocenters. The van der Waals surface area contributed by atoms with Gasteiger partial charge in [0.2, 0.25) is 0 Å². The van der Waals surface area contributed by atoms with E-state index in [9.17, 15) is 0 Å². The minimum atomic E-state index is 0.807. The first kappa shape index (κ1) is 13.4. The highest BCUT2D eigenvalue weighted by Gasteiger charge is 2.32. The molecule has 2 aliphatic rings. The quantitative estimate of drug-likeness (QED) is 0.719. The van der Waals surface area contributed by atoms with Gasteiger partial charge in [-0.15, -0.1) is 0 Å². The largest absolute Gasteiger partial charge is 0.317 e. The summed E-state index contributed by atoms with van der Waals surface area (Å²) in [4.78, 5) is 0. The topological polar surface area (TPSA) is 12.0 Å². The van der Waals surface area contributed by atoms with Crippen molar-refractivity contribution in [3.63, 3.8) is 0 Å². The first-order valence-corrected chi connectivity index (χ1v) is 8.02. The Kier molecular flexibility index (Phi) is 5.34. The van der Waals surface area contributed by atoms with E-state index in [0.717, 1.165) is 23.8 Å². The molecule has 0 aromatic heterocycles. The molecule has 0 heterocycles. The lowest BCUT2D eigenvalue weighted by Crippen LogP contribution is -2.32. The van der Waals surface area contributed by atoms with E-state index in [2.05, 4.69) is 19.3 Å². The van der Waals surface area contributed by atoms with E-state index in [1.165, 1.54) is 64.2 Å². The normalized spacial score (nSPS) is 39.9. The van der Waals surface area contributed by atoms with Crippen molar-refractivity contribution in [2.45, 2.75) is 77.2 Å². The molecule has 0 aromatic rings. The van der Waals surface area contributed by atoms with Crippen LogP contribution in [-0.4, -0.2) is 13.1 Å². The van der Waals surface area contributed by atoms with Crippen molar-refractivity contribution in [3.8, 4) is 0 Å². The third-order valence-corrected chi connectivity index (χ3v) is 5.47. The Bertz CT molecular complexity index is 214. The molecule has 0 saturated heterocycles. The van der Waals surface area contributed by atoms with Crippen LogP contribution < -0.4 is 5.32 Å². The smallest absolute Gasteiger partial charge is 0.00668 e. The van der Waals surface area contributed by atoms with Crippen molar-refractivity contribution < 1.29 is 0 Å². The van der Waals surface area contributed by atoms with Gasteiger partial charge in [0.1, 0.15) is 0 Å². The lowest BCUT2D eigenvalue weighted by atomic mass is 9.69. The van der Waals surface area contributed by atoms with Crippen LogP contribution in [-0.2, 0) is 0 Å². The van der Waals surface area contributed by atoms with Crippen molar-refractivity contribution in [1.29, 1.82) is 0 Å². The maximum Gasteiger partial charge on any atom is 0.00668 e. The van der Waals surface area contributed by atoms with Gasteiger partial charge in [-0.1, -0.05) is 51.9 Å².